The quantitative estimate of drug-likeness (QED) is 0.841. The summed E-state index contributed by atoms with van der Waals surface area (Å²) in [5.41, 5.74) is 1.12. The molecule has 1 fully saturated rings. The number of rotatable bonds is 6. The second-order valence-corrected chi connectivity index (χ2v) is 5.72. The topological polar surface area (TPSA) is 42.7 Å². The van der Waals surface area contributed by atoms with Crippen molar-refractivity contribution in [3.8, 4) is 0 Å². The molecule has 18 heavy (non-hydrogen) atoms. The Morgan fingerprint density at radius 1 is 1.50 bits per heavy atom. The van der Waals surface area contributed by atoms with Crippen LogP contribution in [0.5, 0.6) is 0 Å². The van der Waals surface area contributed by atoms with E-state index in [4.69, 9.17) is 0 Å². The lowest BCUT2D eigenvalue weighted by Gasteiger charge is -2.27. The zero-order chi connectivity index (χ0) is 13.0. The van der Waals surface area contributed by atoms with Crippen molar-refractivity contribution >= 4 is 0 Å². The molecule has 3 atom stereocenters. The van der Waals surface area contributed by atoms with E-state index in [0.717, 1.165) is 30.5 Å². The van der Waals surface area contributed by atoms with Crippen molar-refractivity contribution in [1.29, 1.82) is 0 Å². The summed E-state index contributed by atoms with van der Waals surface area (Å²) in [6, 6.07) is 0.569. The third-order valence-electron chi connectivity index (χ3n) is 4.18. The van der Waals surface area contributed by atoms with Crippen LogP contribution in [0.4, 0.5) is 0 Å². The largest absolute Gasteiger partial charge is 0.313 e. The second kappa shape index (κ2) is 6.32. The van der Waals surface area contributed by atoms with Crippen LogP contribution in [0.25, 0.3) is 0 Å². The van der Waals surface area contributed by atoms with Crippen molar-refractivity contribution < 1.29 is 0 Å². The van der Waals surface area contributed by atoms with Gasteiger partial charge in [-0.15, -0.1) is 5.10 Å². The Bertz CT molecular complexity index is 360. The van der Waals surface area contributed by atoms with E-state index in [1.807, 2.05) is 13.2 Å². The molecule has 1 aromatic heterocycles. The van der Waals surface area contributed by atoms with Crippen LogP contribution >= 0.6 is 0 Å². The van der Waals surface area contributed by atoms with Crippen molar-refractivity contribution in [2.45, 2.75) is 52.0 Å². The van der Waals surface area contributed by atoms with Crippen molar-refractivity contribution in [2.24, 2.45) is 18.9 Å². The number of hydrogen-bond acceptors (Lipinski definition) is 3. The Kier molecular flexibility index (Phi) is 4.75. The molecule has 0 bridgehead atoms. The van der Waals surface area contributed by atoms with E-state index in [1.54, 1.807) is 4.68 Å². The van der Waals surface area contributed by atoms with Gasteiger partial charge in [0.2, 0.25) is 0 Å². The van der Waals surface area contributed by atoms with E-state index in [9.17, 15) is 0 Å². The molecule has 1 N–H and O–H groups in total. The molecule has 0 radical (unpaired) electrons. The van der Waals surface area contributed by atoms with E-state index in [-0.39, 0.29) is 0 Å². The molecule has 4 heteroatoms. The number of aromatic nitrogens is 3. The van der Waals surface area contributed by atoms with Crippen LogP contribution in [0.3, 0.4) is 0 Å². The van der Waals surface area contributed by atoms with Gasteiger partial charge < -0.3 is 5.32 Å². The van der Waals surface area contributed by atoms with Crippen LogP contribution in [0.15, 0.2) is 6.20 Å². The molecule has 0 aliphatic heterocycles. The van der Waals surface area contributed by atoms with E-state index >= 15 is 0 Å². The normalized spacial score (nSPS) is 25.5. The first-order chi connectivity index (χ1) is 8.70. The van der Waals surface area contributed by atoms with E-state index in [1.165, 1.54) is 25.7 Å². The molecule has 102 valence electrons. The Morgan fingerprint density at radius 3 is 2.89 bits per heavy atom. The summed E-state index contributed by atoms with van der Waals surface area (Å²) >= 11 is 0. The van der Waals surface area contributed by atoms with Crippen LogP contribution in [0.2, 0.25) is 0 Å². The lowest BCUT2D eigenvalue weighted by atomic mass is 9.87. The molecular weight excluding hydrogens is 224 g/mol. The summed E-state index contributed by atoms with van der Waals surface area (Å²) in [5.74, 6) is 1.65. The number of nitrogens with zero attached hydrogens (tertiary/aromatic N) is 3. The fourth-order valence-electron chi connectivity index (χ4n) is 3.19. The third kappa shape index (κ3) is 3.31. The zero-order valence-corrected chi connectivity index (χ0v) is 11.9. The highest BCUT2D eigenvalue weighted by atomic mass is 15.4. The van der Waals surface area contributed by atoms with Crippen LogP contribution in [0, 0.1) is 11.8 Å². The van der Waals surface area contributed by atoms with Gasteiger partial charge in [0, 0.05) is 25.7 Å². The molecule has 0 spiro atoms. The van der Waals surface area contributed by atoms with Gasteiger partial charge in [-0.3, -0.25) is 4.68 Å². The van der Waals surface area contributed by atoms with Gasteiger partial charge in [0.25, 0.3) is 0 Å². The summed E-state index contributed by atoms with van der Waals surface area (Å²) in [6.45, 7) is 5.73. The summed E-state index contributed by atoms with van der Waals surface area (Å²) in [7, 11) is 1.93. The number of nitrogens with one attached hydrogen (secondary N) is 1. The van der Waals surface area contributed by atoms with Crippen molar-refractivity contribution in [2.75, 3.05) is 6.54 Å². The maximum absolute atomic E-state index is 4.23. The highest BCUT2D eigenvalue weighted by molar-refractivity contribution is 4.99. The fraction of sp³-hybridized carbons (Fsp3) is 0.857. The van der Waals surface area contributed by atoms with Gasteiger partial charge in [0.1, 0.15) is 0 Å². The first-order valence-corrected chi connectivity index (χ1v) is 7.29. The minimum absolute atomic E-state index is 0.569. The Hall–Kier alpha value is -0.900. The smallest absolute Gasteiger partial charge is 0.0842 e. The third-order valence-corrected chi connectivity index (χ3v) is 4.18. The minimum Gasteiger partial charge on any atom is -0.313 e. The lowest BCUT2D eigenvalue weighted by Crippen LogP contribution is -2.39. The molecule has 0 saturated heterocycles. The average molecular weight is 250 g/mol. The Balaban J connectivity index is 2.00. The van der Waals surface area contributed by atoms with Crippen LogP contribution in [-0.4, -0.2) is 27.6 Å². The van der Waals surface area contributed by atoms with Crippen molar-refractivity contribution in [3.05, 3.63) is 11.9 Å². The lowest BCUT2D eigenvalue weighted by molar-refractivity contribution is 0.294. The Labute approximate surface area is 110 Å². The number of hydrogen-bond donors (Lipinski definition) is 1. The summed E-state index contributed by atoms with van der Waals surface area (Å²) in [6.07, 6.45) is 8.38. The maximum atomic E-state index is 4.23. The van der Waals surface area contributed by atoms with E-state index < -0.39 is 0 Å². The van der Waals surface area contributed by atoms with Crippen LogP contribution in [0.1, 0.15) is 45.2 Å². The molecule has 1 heterocycles. The molecule has 0 amide bonds. The van der Waals surface area contributed by atoms with Crippen LogP contribution in [-0.2, 0) is 13.5 Å². The SMILES string of the molecule is CCCNC(Cc1cn(C)nn1)C1CCCC1C. The predicted octanol–water partition coefficient (Wildman–Crippen LogP) is 2.16. The molecule has 1 aliphatic carbocycles. The molecule has 4 nitrogen and oxygen atoms in total. The maximum Gasteiger partial charge on any atom is 0.0842 e. The summed E-state index contributed by atoms with van der Waals surface area (Å²) in [4.78, 5) is 0. The highest BCUT2D eigenvalue weighted by Gasteiger charge is 2.30. The highest BCUT2D eigenvalue weighted by Crippen LogP contribution is 2.34. The van der Waals surface area contributed by atoms with Gasteiger partial charge in [-0.25, -0.2) is 0 Å². The predicted molar refractivity (Wildman–Crippen MR) is 73.3 cm³/mol. The molecule has 0 aromatic carbocycles. The molecule has 3 unspecified atom stereocenters. The van der Waals surface area contributed by atoms with Crippen molar-refractivity contribution in [3.63, 3.8) is 0 Å². The van der Waals surface area contributed by atoms with E-state index in [0.29, 0.717) is 6.04 Å². The molecule has 2 rings (SSSR count). The first-order valence-electron chi connectivity index (χ1n) is 7.29. The monoisotopic (exact) mass is 250 g/mol. The fourth-order valence-corrected chi connectivity index (χ4v) is 3.19. The van der Waals surface area contributed by atoms with Crippen LogP contribution < -0.4 is 5.32 Å². The second-order valence-electron chi connectivity index (χ2n) is 5.72. The Morgan fingerprint density at radius 2 is 2.33 bits per heavy atom. The van der Waals surface area contributed by atoms with E-state index in [2.05, 4.69) is 29.5 Å². The zero-order valence-electron chi connectivity index (χ0n) is 11.9. The van der Waals surface area contributed by atoms with Gasteiger partial charge in [-0.05, 0) is 31.2 Å². The molecule has 1 saturated carbocycles. The minimum atomic E-state index is 0.569. The summed E-state index contributed by atoms with van der Waals surface area (Å²) < 4.78 is 1.80. The van der Waals surface area contributed by atoms with Gasteiger partial charge in [0.05, 0.1) is 5.69 Å². The molecular formula is C14H26N4. The van der Waals surface area contributed by atoms with Gasteiger partial charge in [-0.2, -0.15) is 0 Å². The molecule has 1 aliphatic rings. The standard InChI is InChI=1S/C14H26N4/c1-4-8-15-14(13-7-5-6-11(13)2)9-12-10-18(3)17-16-12/h10-11,13-15H,4-9H2,1-3H3. The van der Waals surface area contributed by atoms with Gasteiger partial charge >= 0.3 is 0 Å². The van der Waals surface area contributed by atoms with Gasteiger partial charge in [0.15, 0.2) is 0 Å². The molecule has 1 aromatic rings. The number of aryl methyl sites for hydroxylation is 1. The summed E-state index contributed by atoms with van der Waals surface area (Å²) in [5, 5.41) is 12.0. The average Bonchev–Trinajstić information content (AvgIpc) is 2.93. The first kappa shape index (κ1) is 13.5. The van der Waals surface area contributed by atoms with Crippen molar-refractivity contribution in [1.82, 2.24) is 20.3 Å². The van der Waals surface area contributed by atoms with Gasteiger partial charge in [-0.1, -0.05) is 31.9 Å².